The van der Waals surface area contributed by atoms with Gasteiger partial charge in [0, 0.05) is 34.2 Å². The molecule has 0 radical (unpaired) electrons. The molecule has 0 aromatic heterocycles. The third kappa shape index (κ3) is 4.43. The van der Waals surface area contributed by atoms with Crippen molar-refractivity contribution in [3.63, 3.8) is 0 Å². The van der Waals surface area contributed by atoms with Crippen molar-refractivity contribution >= 4 is 34.4 Å². The molecule has 1 aliphatic heterocycles. The zero-order chi connectivity index (χ0) is 15.4. The highest BCUT2D eigenvalue weighted by Gasteiger charge is 2.27. The summed E-state index contributed by atoms with van der Waals surface area (Å²) in [7, 11) is 0. The third-order valence-corrected chi connectivity index (χ3v) is 4.39. The molecule has 0 aliphatic carbocycles. The quantitative estimate of drug-likeness (QED) is 0.794. The number of carbonyl (C=O) groups excluding carboxylic acids is 2. The second-order valence-electron chi connectivity index (χ2n) is 5.74. The predicted molar refractivity (Wildman–Crippen MR) is 91.1 cm³/mol. The highest BCUT2D eigenvalue weighted by Crippen LogP contribution is 2.20. The van der Waals surface area contributed by atoms with E-state index in [9.17, 15) is 9.59 Å². The van der Waals surface area contributed by atoms with Gasteiger partial charge in [0.05, 0.1) is 0 Å². The second-order valence-corrected chi connectivity index (χ2v) is 6.98. The van der Waals surface area contributed by atoms with E-state index in [-0.39, 0.29) is 23.8 Å². The summed E-state index contributed by atoms with van der Waals surface area (Å²) in [5.74, 6) is 0.216. The Balaban J connectivity index is 1.90. The van der Waals surface area contributed by atoms with E-state index in [1.165, 1.54) is 0 Å². The lowest BCUT2D eigenvalue weighted by Crippen LogP contribution is -2.44. The zero-order valence-corrected chi connectivity index (χ0v) is 14.6. The summed E-state index contributed by atoms with van der Waals surface area (Å²) < 4.78 is 1.12. The molecule has 0 saturated carbocycles. The number of halogens is 1. The van der Waals surface area contributed by atoms with Gasteiger partial charge in [-0.1, -0.05) is 0 Å². The SMILES string of the molecule is CC(C)NC(=O)C1CCN(C(=O)c2ccc(I)cc2)CC1. The van der Waals surface area contributed by atoms with Crippen molar-refractivity contribution in [3.8, 4) is 0 Å². The molecule has 1 aromatic carbocycles. The summed E-state index contributed by atoms with van der Waals surface area (Å²) in [5.41, 5.74) is 0.723. The van der Waals surface area contributed by atoms with Crippen molar-refractivity contribution in [3.05, 3.63) is 33.4 Å². The van der Waals surface area contributed by atoms with E-state index in [2.05, 4.69) is 27.9 Å². The van der Waals surface area contributed by atoms with Gasteiger partial charge in [-0.05, 0) is 73.5 Å². The van der Waals surface area contributed by atoms with Crippen LogP contribution in [0.4, 0.5) is 0 Å². The van der Waals surface area contributed by atoms with Crippen LogP contribution in [-0.4, -0.2) is 35.8 Å². The van der Waals surface area contributed by atoms with Crippen LogP contribution in [-0.2, 0) is 4.79 Å². The first-order chi connectivity index (χ1) is 9.97. The predicted octanol–water partition coefficient (Wildman–Crippen LogP) is 2.67. The minimum absolute atomic E-state index is 0.0353. The minimum atomic E-state index is 0.0353. The number of benzene rings is 1. The van der Waals surface area contributed by atoms with Gasteiger partial charge in [-0.25, -0.2) is 0 Å². The van der Waals surface area contributed by atoms with Gasteiger partial charge in [0.1, 0.15) is 0 Å². The summed E-state index contributed by atoms with van der Waals surface area (Å²) in [4.78, 5) is 26.2. The van der Waals surface area contributed by atoms with Crippen LogP contribution >= 0.6 is 22.6 Å². The van der Waals surface area contributed by atoms with E-state index in [0.717, 1.165) is 22.0 Å². The molecule has 114 valence electrons. The lowest BCUT2D eigenvalue weighted by atomic mass is 9.95. The number of piperidine rings is 1. The van der Waals surface area contributed by atoms with Gasteiger partial charge in [0.25, 0.3) is 5.91 Å². The molecular formula is C16H21IN2O2. The zero-order valence-electron chi connectivity index (χ0n) is 12.4. The lowest BCUT2D eigenvalue weighted by molar-refractivity contribution is -0.126. The monoisotopic (exact) mass is 400 g/mol. The molecule has 1 aromatic rings. The topological polar surface area (TPSA) is 49.4 Å². The molecule has 0 atom stereocenters. The maximum atomic E-state index is 12.4. The number of likely N-dealkylation sites (tertiary alicyclic amines) is 1. The highest BCUT2D eigenvalue weighted by atomic mass is 127. The van der Waals surface area contributed by atoms with Crippen LogP contribution in [0.2, 0.25) is 0 Å². The Morgan fingerprint density at radius 1 is 1.19 bits per heavy atom. The smallest absolute Gasteiger partial charge is 0.253 e. The first-order valence-corrected chi connectivity index (χ1v) is 8.40. The molecule has 2 rings (SSSR count). The van der Waals surface area contributed by atoms with Crippen LogP contribution in [0.3, 0.4) is 0 Å². The van der Waals surface area contributed by atoms with E-state index in [1.54, 1.807) is 0 Å². The molecule has 1 N–H and O–H groups in total. The number of nitrogens with zero attached hydrogens (tertiary/aromatic N) is 1. The molecule has 1 aliphatic rings. The van der Waals surface area contributed by atoms with Crippen molar-refractivity contribution in [2.45, 2.75) is 32.7 Å². The van der Waals surface area contributed by atoms with E-state index >= 15 is 0 Å². The van der Waals surface area contributed by atoms with Crippen LogP contribution < -0.4 is 5.32 Å². The van der Waals surface area contributed by atoms with Crippen LogP contribution in [0.5, 0.6) is 0 Å². The molecule has 21 heavy (non-hydrogen) atoms. The third-order valence-electron chi connectivity index (χ3n) is 3.68. The number of amides is 2. The van der Waals surface area contributed by atoms with Crippen molar-refractivity contribution in [2.75, 3.05) is 13.1 Å². The molecular weight excluding hydrogens is 379 g/mol. The summed E-state index contributed by atoms with van der Waals surface area (Å²) in [6.45, 7) is 5.24. The van der Waals surface area contributed by atoms with Crippen LogP contribution in [0.1, 0.15) is 37.0 Å². The summed E-state index contributed by atoms with van der Waals surface area (Å²) >= 11 is 2.22. The molecule has 1 saturated heterocycles. The maximum absolute atomic E-state index is 12.4. The standard InChI is InChI=1S/C16H21IN2O2/c1-11(2)18-15(20)12-7-9-19(10-8-12)16(21)13-3-5-14(17)6-4-13/h3-6,11-12H,7-10H2,1-2H3,(H,18,20). The van der Waals surface area contributed by atoms with Gasteiger partial charge < -0.3 is 10.2 Å². The second kappa shape index (κ2) is 7.24. The van der Waals surface area contributed by atoms with Crippen molar-refractivity contribution in [1.82, 2.24) is 10.2 Å². The summed E-state index contributed by atoms with van der Waals surface area (Å²) in [6, 6.07) is 7.78. The van der Waals surface area contributed by atoms with E-state index in [4.69, 9.17) is 0 Å². The Kier molecular flexibility index (Phi) is 5.61. The van der Waals surface area contributed by atoms with E-state index < -0.39 is 0 Å². The fourth-order valence-electron chi connectivity index (χ4n) is 2.52. The number of hydrogen-bond donors (Lipinski definition) is 1. The molecule has 0 spiro atoms. The van der Waals surface area contributed by atoms with Gasteiger partial charge in [-0.15, -0.1) is 0 Å². The summed E-state index contributed by atoms with van der Waals surface area (Å²) in [6.07, 6.45) is 1.49. The normalized spacial score (nSPS) is 16.1. The largest absolute Gasteiger partial charge is 0.354 e. The van der Waals surface area contributed by atoms with Crippen LogP contribution in [0, 0.1) is 9.49 Å². The van der Waals surface area contributed by atoms with Crippen molar-refractivity contribution in [1.29, 1.82) is 0 Å². The fourth-order valence-corrected chi connectivity index (χ4v) is 2.88. The molecule has 1 fully saturated rings. The maximum Gasteiger partial charge on any atom is 0.253 e. The highest BCUT2D eigenvalue weighted by molar-refractivity contribution is 14.1. The van der Waals surface area contributed by atoms with Crippen molar-refractivity contribution < 1.29 is 9.59 Å². The Morgan fingerprint density at radius 3 is 2.29 bits per heavy atom. The van der Waals surface area contributed by atoms with Gasteiger partial charge in [0.2, 0.25) is 5.91 Å². The fraction of sp³-hybridized carbons (Fsp3) is 0.500. The van der Waals surface area contributed by atoms with Gasteiger partial charge in [0.15, 0.2) is 0 Å². The lowest BCUT2D eigenvalue weighted by Gasteiger charge is -2.31. The molecule has 1 heterocycles. The number of hydrogen-bond acceptors (Lipinski definition) is 2. The molecule has 2 amide bonds. The number of rotatable bonds is 3. The van der Waals surface area contributed by atoms with E-state index in [1.807, 2.05) is 43.0 Å². The first-order valence-electron chi connectivity index (χ1n) is 7.32. The molecule has 4 nitrogen and oxygen atoms in total. The van der Waals surface area contributed by atoms with Crippen LogP contribution in [0.25, 0.3) is 0 Å². The van der Waals surface area contributed by atoms with Gasteiger partial charge in [-0.2, -0.15) is 0 Å². The first kappa shape index (κ1) is 16.3. The Morgan fingerprint density at radius 2 is 1.76 bits per heavy atom. The number of nitrogens with one attached hydrogen (secondary N) is 1. The van der Waals surface area contributed by atoms with Gasteiger partial charge in [-0.3, -0.25) is 9.59 Å². The molecule has 5 heteroatoms. The minimum Gasteiger partial charge on any atom is -0.354 e. The molecule has 0 bridgehead atoms. The Labute approximate surface area is 139 Å². The molecule has 0 unspecified atom stereocenters. The van der Waals surface area contributed by atoms with Crippen LogP contribution in [0.15, 0.2) is 24.3 Å². The van der Waals surface area contributed by atoms with Crippen molar-refractivity contribution in [2.24, 2.45) is 5.92 Å². The van der Waals surface area contributed by atoms with E-state index in [0.29, 0.717) is 13.1 Å². The van der Waals surface area contributed by atoms with Gasteiger partial charge >= 0.3 is 0 Å². The average Bonchev–Trinajstić information content (AvgIpc) is 2.47. The average molecular weight is 400 g/mol. The number of carbonyl (C=O) groups is 2. The Bertz CT molecular complexity index is 506. The Hall–Kier alpha value is -1.11. The summed E-state index contributed by atoms with van der Waals surface area (Å²) in [5, 5.41) is 2.95.